The number of benzene rings is 2. The molecule has 4 aromatic rings. The van der Waals surface area contributed by atoms with Crippen LogP contribution in [0.2, 0.25) is 0 Å². The average Bonchev–Trinajstić information content (AvgIpc) is 3.38. The van der Waals surface area contributed by atoms with Gasteiger partial charge >= 0.3 is 5.69 Å². The highest BCUT2D eigenvalue weighted by atomic mass is 32.2. The van der Waals surface area contributed by atoms with E-state index in [0.717, 1.165) is 32.5 Å². The average molecular weight is 620 g/mol. The highest BCUT2D eigenvalue weighted by molar-refractivity contribution is 7.99. The summed E-state index contributed by atoms with van der Waals surface area (Å²) in [6.45, 7) is 12.0. The van der Waals surface area contributed by atoms with E-state index in [0.29, 0.717) is 55.2 Å². The van der Waals surface area contributed by atoms with Crippen molar-refractivity contribution in [3.8, 4) is 11.1 Å². The van der Waals surface area contributed by atoms with Gasteiger partial charge in [-0.3, -0.25) is 18.9 Å². The Labute approximate surface area is 258 Å². The highest BCUT2D eigenvalue weighted by Crippen LogP contribution is 2.47. The molecule has 3 atom stereocenters. The largest absolute Gasteiger partial charge is 0.350 e. The zero-order chi connectivity index (χ0) is 31.0. The molecule has 1 amide bonds. The number of thioether (sulfide) groups is 1. The predicted octanol–water partition coefficient (Wildman–Crippen LogP) is 4.31. The predicted molar refractivity (Wildman–Crippen MR) is 170 cm³/mol. The number of carbonyl (C=O) groups excluding carboxylic acids is 1. The minimum Gasteiger partial charge on any atom is -0.349 e. The molecule has 12 heteroatoms. The van der Waals surface area contributed by atoms with Crippen LogP contribution in [-0.4, -0.2) is 91.8 Å². The number of aryl methyl sites for hydroxylation is 2. The minimum absolute atomic E-state index is 0.0929. The second kappa shape index (κ2) is 10.7. The Morgan fingerprint density at radius 2 is 1.91 bits per heavy atom. The lowest BCUT2D eigenvalue weighted by atomic mass is 9.95. The maximum Gasteiger partial charge on any atom is 0.350 e. The number of halogens is 2. The molecule has 0 N–H and O–H groups in total. The van der Waals surface area contributed by atoms with E-state index in [2.05, 4.69) is 22.6 Å². The fourth-order valence-corrected chi connectivity index (χ4v) is 8.54. The molecule has 2 aromatic heterocycles. The number of piperazine rings is 1. The number of likely N-dealkylation sites (tertiary alicyclic amines) is 1. The van der Waals surface area contributed by atoms with Gasteiger partial charge < -0.3 is 9.80 Å². The first kappa shape index (κ1) is 29.0. The quantitative estimate of drug-likeness (QED) is 0.308. The maximum atomic E-state index is 14.8. The molecule has 3 aliphatic rings. The van der Waals surface area contributed by atoms with Gasteiger partial charge in [0.2, 0.25) is 5.91 Å². The van der Waals surface area contributed by atoms with Gasteiger partial charge in [-0.05, 0) is 50.6 Å². The summed E-state index contributed by atoms with van der Waals surface area (Å²) >= 11 is 1.68. The molecule has 2 aromatic carbocycles. The molecular formula is C32H35F2N7O2S. The normalized spacial score (nSPS) is 22.5. The van der Waals surface area contributed by atoms with Crippen molar-refractivity contribution in [1.82, 2.24) is 29.1 Å². The number of aromatic nitrogens is 4. The van der Waals surface area contributed by atoms with Gasteiger partial charge in [0.15, 0.2) is 0 Å². The molecule has 0 aliphatic carbocycles. The zero-order valence-electron chi connectivity index (χ0n) is 25.3. The topological polar surface area (TPSA) is 79.5 Å². The van der Waals surface area contributed by atoms with Gasteiger partial charge in [-0.2, -0.15) is 10.1 Å². The van der Waals surface area contributed by atoms with Gasteiger partial charge in [-0.15, -0.1) is 11.8 Å². The summed E-state index contributed by atoms with van der Waals surface area (Å²) in [7, 11) is 1.80. The zero-order valence-corrected chi connectivity index (χ0v) is 26.1. The maximum absolute atomic E-state index is 14.8. The third kappa shape index (κ3) is 4.44. The van der Waals surface area contributed by atoms with Crippen molar-refractivity contribution < 1.29 is 13.6 Å². The lowest BCUT2D eigenvalue weighted by Gasteiger charge is -2.45. The summed E-state index contributed by atoms with van der Waals surface area (Å²) in [6.07, 6.45) is 2.05. The number of fused-ring (bicyclic) bond motifs is 1. The summed E-state index contributed by atoms with van der Waals surface area (Å²) < 4.78 is 32.1. The lowest BCUT2D eigenvalue weighted by Crippen LogP contribution is -2.58. The van der Waals surface area contributed by atoms with Crippen molar-refractivity contribution in [3.05, 3.63) is 58.9 Å². The highest BCUT2D eigenvalue weighted by Gasteiger charge is 2.37. The summed E-state index contributed by atoms with van der Waals surface area (Å²) in [5.74, 6) is 0.772. The number of carbonyl (C=O) groups is 1. The fraction of sp³-hybridized carbons (Fsp3) is 0.438. The van der Waals surface area contributed by atoms with E-state index in [1.807, 2.05) is 25.7 Å². The smallest absolute Gasteiger partial charge is 0.349 e. The van der Waals surface area contributed by atoms with E-state index in [1.54, 1.807) is 45.2 Å². The van der Waals surface area contributed by atoms with Crippen LogP contribution in [0.5, 0.6) is 0 Å². The molecule has 0 spiro atoms. The van der Waals surface area contributed by atoms with Crippen molar-refractivity contribution in [2.45, 2.75) is 50.0 Å². The number of rotatable bonds is 5. The van der Waals surface area contributed by atoms with Gasteiger partial charge in [-0.25, -0.2) is 13.6 Å². The van der Waals surface area contributed by atoms with Crippen LogP contribution in [0.3, 0.4) is 0 Å². The Hall–Kier alpha value is -3.77. The standard InChI is InChI=1S/C32H35F2N7O2S/c1-6-26(42)39-11-19(4)40(12-18(39)3)31-23-9-17(2)27(22-7-8-25(34)24-10-35-37(5)28(22)24)30-29(23)41(32(43)36-31)21(16-44-30)15-38-13-20(33)14-38/h6-10,18-21H,1,11-16H2,2-5H3/t18-,19+,21?/m1/s1. The second-order valence-corrected chi connectivity index (χ2v) is 13.4. The van der Waals surface area contributed by atoms with Gasteiger partial charge in [-0.1, -0.05) is 6.58 Å². The molecule has 0 radical (unpaired) electrons. The van der Waals surface area contributed by atoms with Crippen LogP contribution in [0, 0.1) is 12.7 Å². The van der Waals surface area contributed by atoms with Gasteiger partial charge in [0.25, 0.3) is 0 Å². The number of anilines is 1. The van der Waals surface area contributed by atoms with Crippen LogP contribution in [0.25, 0.3) is 32.9 Å². The van der Waals surface area contributed by atoms with Gasteiger partial charge in [0, 0.05) is 79.0 Å². The Morgan fingerprint density at radius 1 is 1.14 bits per heavy atom. The second-order valence-electron chi connectivity index (χ2n) is 12.3. The Balaban J connectivity index is 1.45. The first-order valence-corrected chi connectivity index (χ1v) is 15.9. The van der Waals surface area contributed by atoms with E-state index < -0.39 is 6.17 Å². The van der Waals surface area contributed by atoms with E-state index in [-0.39, 0.29) is 35.5 Å². The van der Waals surface area contributed by atoms with Crippen LogP contribution < -0.4 is 10.6 Å². The molecule has 3 aliphatic heterocycles. The number of amides is 1. The molecule has 0 saturated carbocycles. The van der Waals surface area contributed by atoms with Crippen LogP contribution in [0.15, 0.2) is 46.7 Å². The minimum atomic E-state index is -0.833. The molecule has 2 fully saturated rings. The molecule has 7 rings (SSSR count). The molecule has 0 bridgehead atoms. The number of hydrogen-bond donors (Lipinski definition) is 0. The Morgan fingerprint density at radius 3 is 2.64 bits per heavy atom. The lowest BCUT2D eigenvalue weighted by molar-refractivity contribution is -0.128. The van der Waals surface area contributed by atoms with Crippen LogP contribution in [0.1, 0.15) is 25.5 Å². The molecule has 230 valence electrons. The molecule has 44 heavy (non-hydrogen) atoms. The molecule has 9 nitrogen and oxygen atoms in total. The molecular weight excluding hydrogens is 584 g/mol. The SMILES string of the molecule is C=CC(=O)N1C[C@H](C)N(c2nc(=O)n3c4c(c(-c5ccc(F)c6cnn(C)c56)c(C)cc24)SCC3CN2CC(F)C2)C[C@H]1C. The Kier molecular flexibility index (Phi) is 7.04. The van der Waals surface area contributed by atoms with Crippen molar-refractivity contribution in [2.24, 2.45) is 7.05 Å². The van der Waals surface area contributed by atoms with E-state index in [9.17, 15) is 18.4 Å². The van der Waals surface area contributed by atoms with Crippen molar-refractivity contribution in [1.29, 1.82) is 0 Å². The monoisotopic (exact) mass is 619 g/mol. The van der Waals surface area contributed by atoms with Crippen LogP contribution in [-0.2, 0) is 11.8 Å². The third-order valence-corrected chi connectivity index (χ3v) is 10.6. The van der Waals surface area contributed by atoms with Crippen LogP contribution in [0.4, 0.5) is 14.6 Å². The molecule has 1 unspecified atom stereocenters. The number of hydrogen-bond acceptors (Lipinski definition) is 7. The summed E-state index contributed by atoms with van der Waals surface area (Å²) in [5, 5.41) is 5.64. The summed E-state index contributed by atoms with van der Waals surface area (Å²) in [4.78, 5) is 38.3. The summed E-state index contributed by atoms with van der Waals surface area (Å²) in [6, 6.07) is 4.97. The fourth-order valence-electron chi connectivity index (χ4n) is 7.17. The van der Waals surface area contributed by atoms with Crippen molar-refractivity contribution >= 4 is 45.3 Å². The van der Waals surface area contributed by atoms with Crippen molar-refractivity contribution in [2.75, 3.05) is 43.4 Å². The first-order valence-electron chi connectivity index (χ1n) is 15.0. The summed E-state index contributed by atoms with van der Waals surface area (Å²) in [5.41, 5.74) is 3.90. The molecule has 2 saturated heterocycles. The van der Waals surface area contributed by atoms with Crippen molar-refractivity contribution in [3.63, 3.8) is 0 Å². The van der Waals surface area contributed by atoms with E-state index >= 15 is 0 Å². The number of nitrogens with zero attached hydrogens (tertiary/aromatic N) is 7. The first-order chi connectivity index (χ1) is 21.1. The third-order valence-electron chi connectivity index (χ3n) is 9.34. The molecule has 5 heterocycles. The van der Waals surface area contributed by atoms with E-state index in [4.69, 9.17) is 4.98 Å². The number of alkyl halides is 1. The van der Waals surface area contributed by atoms with Gasteiger partial charge in [0.05, 0.1) is 28.7 Å². The van der Waals surface area contributed by atoms with Crippen LogP contribution >= 0.6 is 11.8 Å². The Bertz CT molecular complexity index is 1900. The van der Waals surface area contributed by atoms with Gasteiger partial charge in [0.1, 0.15) is 17.8 Å². The van der Waals surface area contributed by atoms with E-state index in [1.165, 1.54) is 12.1 Å².